The fourth-order valence-corrected chi connectivity index (χ4v) is 4.20. The number of alkyl halides is 3. The van der Waals surface area contributed by atoms with Crippen LogP contribution in [0.3, 0.4) is 0 Å². The topological polar surface area (TPSA) is 134 Å². The number of amides is 1. The van der Waals surface area contributed by atoms with Gasteiger partial charge in [0.25, 0.3) is 5.69 Å². The number of rotatable bonds is 11. The highest BCUT2D eigenvalue weighted by Crippen LogP contribution is 2.53. The Morgan fingerprint density at radius 3 is 2.33 bits per heavy atom. The number of nitrogens with zero attached hydrogens (tertiary/aromatic N) is 1. The van der Waals surface area contributed by atoms with Gasteiger partial charge in [0.1, 0.15) is 12.4 Å². The number of nitro benzene ring substituents is 1. The van der Waals surface area contributed by atoms with E-state index in [1.54, 1.807) is 13.8 Å². The Kier molecular flexibility index (Phi) is 10.5. The molecule has 1 aromatic rings. The maximum absolute atomic E-state index is 13.1. The molecule has 0 spiro atoms. The molecule has 14 heteroatoms. The van der Waals surface area contributed by atoms with Gasteiger partial charge in [-0.05, 0) is 13.8 Å². The van der Waals surface area contributed by atoms with Crippen molar-refractivity contribution in [1.82, 2.24) is 5.32 Å². The van der Waals surface area contributed by atoms with E-state index in [0.717, 1.165) is 6.07 Å². The Hall–Kier alpha value is -1.42. The first-order valence-corrected chi connectivity index (χ1v) is 11.3. The van der Waals surface area contributed by atoms with Crippen molar-refractivity contribution in [3.8, 4) is 0 Å². The van der Waals surface area contributed by atoms with Gasteiger partial charge in [0.2, 0.25) is 3.79 Å². The number of non-ortho nitro benzene ring substituents is 1. The van der Waals surface area contributed by atoms with Crippen molar-refractivity contribution in [1.29, 1.82) is 0 Å². The van der Waals surface area contributed by atoms with E-state index in [4.69, 9.17) is 48.6 Å². The molecule has 1 atom stereocenters. The van der Waals surface area contributed by atoms with Gasteiger partial charge < -0.3 is 19.1 Å². The Balaban J connectivity index is 3.11. The predicted molar refractivity (Wildman–Crippen MR) is 111 cm³/mol. The molecule has 0 saturated carbocycles. The summed E-state index contributed by atoms with van der Waals surface area (Å²) < 4.78 is 26.4. The highest BCUT2D eigenvalue weighted by atomic mass is 35.6. The molecular formula is C16H20Cl3N2O8P. The number of halogens is 3. The maximum atomic E-state index is 13.1. The first kappa shape index (κ1) is 26.6. The molecule has 0 aromatic heterocycles. The van der Waals surface area contributed by atoms with Gasteiger partial charge in [-0.1, -0.05) is 46.9 Å². The van der Waals surface area contributed by atoms with Crippen LogP contribution in [0.4, 0.5) is 10.5 Å². The van der Waals surface area contributed by atoms with Crippen molar-refractivity contribution in [2.75, 3.05) is 19.8 Å². The lowest BCUT2D eigenvalue weighted by molar-refractivity contribution is -0.384. The number of benzene rings is 1. The normalized spacial score (nSPS) is 12.8. The maximum Gasteiger partial charge on any atom is 0.408 e. The molecule has 0 aliphatic carbocycles. The number of nitrogens with one attached hydrogen (secondary N) is 1. The predicted octanol–water partition coefficient (Wildman–Crippen LogP) is 4.86. The second kappa shape index (κ2) is 11.8. The van der Waals surface area contributed by atoms with E-state index >= 15 is 0 Å². The molecule has 0 heterocycles. The van der Waals surface area contributed by atoms with Crippen molar-refractivity contribution in [2.45, 2.75) is 29.8 Å². The van der Waals surface area contributed by atoms with Crippen LogP contribution in [0.25, 0.3) is 0 Å². The largest absolute Gasteiger partial charge is 0.445 e. The van der Waals surface area contributed by atoms with E-state index < -0.39 is 47.0 Å². The number of ether oxygens (including phenoxy) is 1. The highest BCUT2D eigenvalue weighted by Gasteiger charge is 2.39. The highest BCUT2D eigenvalue weighted by molar-refractivity contribution is 7.54. The SMILES string of the molecule is CCOP(=O)(OCC)[C@H](CC(=O)c1cccc([N+](=O)[O-])c1)NC(=O)OCC(Cl)(Cl)Cl. The van der Waals surface area contributed by atoms with Crippen LogP contribution in [0, 0.1) is 10.1 Å². The summed E-state index contributed by atoms with van der Waals surface area (Å²) in [7, 11) is -4.02. The number of carbonyl (C=O) groups excluding carboxylic acids is 2. The van der Waals surface area contributed by atoms with Gasteiger partial charge in [0.05, 0.1) is 18.1 Å². The van der Waals surface area contributed by atoms with Gasteiger partial charge in [0.15, 0.2) is 5.78 Å². The van der Waals surface area contributed by atoms with Gasteiger partial charge in [-0.3, -0.25) is 19.5 Å². The molecule has 1 amide bonds. The van der Waals surface area contributed by atoms with Crippen molar-refractivity contribution >= 4 is 60.0 Å². The van der Waals surface area contributed by atoms with E-state index in [1.165, 1.54) is 18.2 Å². The monoisotopic (exact) mass is 504 g/mol. The summed E-state index contributed by atoms with van der Waals surface area (Å²) in [5.41, 5.74) is -0.324. The second-order valence-electron chi connectivity index (χ2n) is 5.66. The third-order valence-corrected chi connectivity index (χ3v) is 6.05. The van der Waals surface area contributed by atoms with Crippen LogP contribution in [-0.2, 0) is 18.3 Å². The first-order chi connectivity index (χ1) is 13.9. The molecule has 10 nitrogen and oxygen atoms in total. The smallest absolute Gasteiger partial charge is 0.408 e. The van der Waals surface area contributed by atoms with E-state index in [2.05, 4.69) is 5.32 Å². The second-order valence-corrected chi connectivity index (χ2v) is 10.4. The summed E-state index contributed by atoms with van der Waals surface area (Å²) in [5.74, 6) is -2.10. The van der Waals surface area contributed by atoms with E-state index in [-0.39, 0.29) is 24.5 Å². The molecule has 0 fully saturated rings. The van der Waals surface area contributed by atoms with Crippen LogP contribution in [0.2, 0.25) is 0 Å². The summed E-state index contributed by atoms with van der Waals surface area (Å²) in [5, 5.41) is 13.2. The van der Waals surface area contributed by atoms with Crippen molar-refractivity contribution in [3.63, 3.8) is 0 Å². The molecule has 0 aliphatic rings. The molecule has 0 unspecified atom stereocenters. The van der Waals surface area contributed by atoms with Gasteiger partial charge in [-0.25, -0.2) is 4.79 Å². The number of hydrogen-bond acceptors (Lipinski definition) is 8. The van der Waals surface area contributed by atoms with E-state index in [9.17, 15) is 24.3 Å². The zero-order valence-electron chi connectivity index (χ0n) is 16.0. The van der Waals surface area contributed by atoms with Gasteiger partial charge in [-0.2, -0.15) is 0 Å². The van der Waals surface area contributed by atoms with Gasteiger partial charge >= 0.3 is 13.7 Å². The standard InChI is InChI=1S/C16H20Cl3N2O8P/c1-3-28-30(26,29-4-2)14(20-15(23)27-10-16(17,18)19)9-13(22)11-6-5-7-12(8-11)21(24)25/h5-8,14H,3-4,9-10H2,1-2H3,(H,20,23)/t14-/m1/s1. The van der Waals surface area contributed by atoms with Crippen LogP contribution >= 0.6 is 42.4 Å². The quantitative estimate of drug-likeness (QED) is 0.148. The van der Waals surface area contributed by atoms with Gasteiger partial charge in [-0.15, -0.1) is 0 Å². The zero-order valence-corrected chi connectivity index (χ0v) is 19.2. The summed E-state index contributed by atoms with van der Waals surface area (Å²) >= 11 is 16.6. The Labute approximate surface area is 187 Å². The van der Waals surface area contributed by atoms with Crippen LogP contribution in [0.1, 0.15) is 30.6 Å². The lowest BCUT2D eigenvalue weighted by Crippen LogP contribution is -2.39. The molecule has 1 aromatic carbocycles. The van der Waals surface area contributed by atoms with E-state index in [0.29, 0.717) is 0 Å². The molecular weight excluding hydrogens is 486 g/mol. The van der Waals surface area contributed by atoms with Gasteiger partial charge in [0, 0.05) is 24.1 Å². The molecule has 168 valence electrons. The number of nitro groups is 1. The fourth-order valence-electron chi connectivity index (χ4n) is 2.23. The Morgan fingerprint density at radius 2 is 1.83 bits per heavy atom. The van der Waals surface area contributed by atoms with Crippen LogP contribution in [0.5, 0.6) is 0 Å². The molecule has 0 radical (unpaired) electrons. The fraction of sp³-hybridized carbons (Fsp3) is 0.500. The molecule has 0 aliphatic heterocycles. The number of ketones is 1. The molecule has 1 rings (SSSR count). The average molecular weight is 506 g/mol. The number of carbonyl (C=O) groups is 2. The number of hydrogen-bond donors (Lipinski definition) is 1. The summed E-state index contributed by atoms with van der Waals surface area (Å²) in [6.45, 7) is 2.41. The van der Waals surface area contributed by atoms with Crippen molar-refractivity contribution < 1.29 is 32.9 Å². The summed E-state index contributed by atoms with van der Waals surface area (Å²) in [4.78, 5) is 35.0. The minimum absolute atomic E-state index is 0.0230. The Bertz CT molecular complexity index is 808. The van der Waals surface area contributed by atoms with Crippen molar-refractivity contribution in [3.05, 3.63) is 39.9 Å². The first-order valence-electron chi connectivity index (χ1n) is 8.58. The minimum atomic E-state index is -4.02. The molecule has 0 bridgehead atoms. The molecule has 0 saturated heterocycles. The lowest BCUT2D eigenvalue weighted by atomic mass is 10.1. The Morgan fingerprint density at radius 1 is 1.23 bits per heavy atom. The number of Topliss-reactive ketones (excluding diaryl/α,β-unsaturated/α-hetero) is 1. The summed E-state index contributed by atoms with van der Waals surface area (Å²) in [6, 6.07) is 4.95. The van der Waals surface area contributed by atoms with Crippen LogP contribution in [-0.4, -0.2) is 46.2 Å². The third-order valence-electron chi connectivity index (χ3n) is 3.41. The summed E-state index contributed by atoms with van der Waals surface area (Å²) in [6.07, 6.45) is -1.68. The van der Waals surface area contributed by atoms with Crippen molar-refractivity contribution in [2.24, 2.45) is 0 Å². The van der Waals surface area contributed by atoms with Crippen LogP contribution in [0.15, 0.2) is 24.3 Å². The lowest BCUT2D eigenvalue weighted by Gasteiger charge is -2.26. The number of alkyl carbamates (subject to hydrolysis) is 1. The average Bonchev–Trinajstić information content (AvgIpc) is 2.65. The zero-order chi connectivity index (χ0) is 22.9. The third kappa shape index (κ3) is 8.75. The van der Waals surface area contributed by atoms with Crippen LogP contribution < -0.4 is 5.32 Å². The van der Waals surface area contributed by atoms with E-state index in [1.807, 2.05) is 0 Å². The molecule has 1 N–H and O–H groups in total. The molecule has 30 heavy (non-hydrogen) atoms. The minimum Gasteiger partial charge on any atom is -0.445 e.